The SMILES string of the molecule is O=C(N/N=C/c1ccc(OCc2cccc(F)c2)cc1)c1ccccc1O. The van der Waals surface area contributed by atoms with Crippen molar-refractivity contribution in [3.63, 3.8) is 0 Å². The van der Waals surface area contributed by atoms with Crippen molar-refractivity contribution >= 4 is 12.1 Å². The van der Waals surface area contributed by atoms with E-state index < -0.39 is 5.91 Å². The lowest BCUT2D eigenvalue weighted by Gasteiger charge is -2.06. The van der Waals surface area contributed by atoms with Crippen molar-refractivity contribution in [2.45, 2.75) is 6.61 Å². The lowest BCUT2D eigenvalue weighted by molar-refractivity contribution is 0.0952. The van der Waals surface area contributed by atoms with E-state index in [1.807, 2.05) is 0 Å². The Bertz CT molecular complexity index is 956. The molecular formula is C21H17FN2O3. The normalized spacial score (nSPS) is 10.7. The summed E-state index contributed by atoms with van der Waals surface area (Å²) in [6.45, 7) is 0.266. The molecule has 6 heteroatoms. The quantitative estimate of drug-likeness (QED) is 0.515. The fourth-order valence-electron chi connectivity index (χ4n) is 2.33. The van der Waals surface area contributed by atoms with Gasteiger partial charge in [0.25, 0.3) is 5.91 Å². The van der Waals surface area contributed by atoms with Crippen molar-refractivity contribution in [3.8, 4) is 11.5 Å². The maximum absolute atomic E-state index is 13.1. The molecule has 0 saturated carbocycles. The smallest absolute Gasteiger partial charge is 0.275 e. The lowest BCUT2D eigenvalue weighted by Crippen LogP contribution is -2.17. The summed E-state index contributed by atoms with van der Waals surface area (Å²) in [6, 6.07) is 19.5. The zero-order valence-corrected chi connectivity index (χ0v) is 14.3. The molecule has 5 nitrogen and oxygen atoms in total. The molecule has 0 atom stereocenters. The van der Waals surface area contributed by atoms with Crippen molar-refractivity contribution < 1.29 is 19.0 Å². The molecule has 3 aromatic rings. The number of hydrogen-bond donors (Lipinski definition) is 2. The van der Waals surface area contributed by atoms with Gasteiger partial charge in [-0.2, -0.15) is 5.10 Å². The van der Waals surface area contributed by atoms with Crippen molar-refractivity contribution in [3.05, 3.63) is 95.3 Å². The third-order valence-electron chi connectivity index (χ3n) is 3.70. The largest absolute Gasteiger partial charge is 0.507 e. The molecule has 0 saturated heterocycles. The number of nitrogens with zero attached hydrogens (tertiary/aromatic N) is 1. The Labute approximate surface area is 155 Å². The highest BCUT2D eigenvalue weighted by molar-refractivity contribution is 5.97. The Hall–Kier alpha value is -3.67. The maximum atomic E-state index is 13.1. The van der Waals surface area contributed by atoms with Crippen LogP contribution >= 0.6 is 0 Å². The molecule has 0 radical (unpaired) electrons. The average molecular weight is 364 g/mol. The summed E-state index contributed by atoms with van der Waals surface area (Å²) < 4.78 is 18.7. The first kappa shape index (κ1) is 18.1. The average Bonchev–Trinajstić information content (AvgIpc) is 2.68. The van der Waals surface area contributed by atoms with Crippen LogP contribution in [-0.4, -0.2) is 17.2 Å². The molecule has 3 aromatic carbocycles. The summed E-state index contributed by atoms with van der Waals surface area (Å²) in [4.78, 5) is 11.9. The van der Waals surface area contributed by atoms with Crippen molar-refractivity contribution in [1.29, 1.82) is 0 Å². The summed E-state index contributed by atoms with van der Waals surface area (Å²) in [5, 5.41) is 13.5. The number of carbonyl (C=O) groups is 1. The van der Waals surface area contributed by atoms with Crippen LogP contribution in [-0.2, 0) is 6.61 Å². The molecule has 1 amide bonds. The second-order valence-corrected chi connectivity index (χ2v) is 5.70. The Morgan fingerprint density at radius 3 is 2.59 bits per heavy atom. The fourth-order valence-corrected chi connectivity index (χ4v) is 2.33. The molecule has 0 aliphatic carbocycles. The van der Waals surface area contributed by atoms with Crippen LogP contribution in [0.4, 0.5) is 4.39 Å². The molecule has 0 aromatic heterocycles. The van der Waals surface area contributed by atoms with Crippen LogP contribution in [0.2, 0.25) is 0 Å². The monoisotopic (exact) mass is 364 g/mol. The number of phenolic OH excluding ortho intramolecular Hbond substituents is 1. The standard InChI is InChI=1S/C21H17FN2O3/c22-17-5-3-4-16(12-17)14-27-18-10-8-15(9-11-18)13-23-24-21(26)19-6-1-2-7-20(19)25/h1-13,25H,14H2,(H,24,26)/b23-13+. The number of halogens is 1. The predicted molar refractivity (Wildman–Crippen MR) is 100 cm³/mol. The summed E-state index contributed by atoms with van der Waals surface area (Å²) in [5.74, 6) is -0.271. The second kappa shape index (κ2) is 8.62. The third kappa shape index (κ3) is 5.15. The molecule has 0 aliphatic heterocycles. The van der Waals surface area contributed by atoms with E-state index in [2.05, 4.69) is 10.5 Å². The number of aromatic hydroxyl groups is 1. The molecule has 136 valence electrons. The minimum atomic E-state index is -0.501. The molecule has 3 rings (SSSR count). The first-order valence-electron chi connectivity index (χ1n) is 8.20. The van der Waals surface area contributed by atoms with Crippen LogP contribution in [0.1, 0.15) is 21.5 Å². The van der Waals surface area contributed by atoms with Crippen molar-refractivity contribution in [2.75, 3.05) is 0 Å². The van der Waals surface area contributed by atoms with E-state index in [0.717, 1.165) is 11.1 Å². The highest BCUT2D eigenvalue weighted by Crippen LogP contribution is 2.15. The summed E-state index contributed by atoms with van der Waals surface area (Å²) in [7, 11) is 0. The maximum Gasteiger partial charge on any atom is 0.275 e. The van der Waals surface area contributed by atoms with Gasteiger partial charge in [0.05, 0.1) is 11.8 Å². The Kier molecular flexibility index (Phi) is 5.79. The molecule has 2 N–H and O–H groups in total. The number of amides is 1. The van der Waals surface area contributed by atoms with Gasteiger partial charge in [-0.25, -0.2) is 9.82 Å². The van der Waals surface area contributed by atoms with Crippen LogP contribution < -0.4 is 10.2 Å². The van der Waals surface area contributed by atoms with Gasteiger partial charge in [-0.1, -0.05) is 24.3 Å². The molecule has 0 spiro atoms. The minimum Gasteiger partial charge on any atom is -0.507 e. The predicted octanol–water partition coefficient (Wildman–Crippen LogP) is 3.87. The Morgan fingerprint density at radius 1 is 1.07 bits per heavy atom. The molecule has 0 unspecified atom stereocenters. The number of hydrazone groups is 1. The highest BCUT2D eigenvalue weighted by Gasteiger charge is 2.08. The number of benzene rings is 3. The Balaban J connectivity index is 1.53. The number of hydrogen-bond acceptors (Lipinski definition) is 4. The number of nitrogens with one attached hydrogen (secondary N) is 1. The number of ether oxygens (including phenoxy) is 1. The fraction of sp³-hybridized carbons (Fsp3) is 0.0476. The molecule has 0 aliphatic rings. The van der Waals surface area contributed by atoms with E-state index in [-0.39, 0.29) is 23.7 Å². The first-order valence-corrected chi connectivity index (χ1v) is 8.20. The number of carbonyl (C=O) groups excluding carboxylic acids is 1. The number of rotatable bonds is 6. The molecular weight excluding hydrogens is 347 g/mol. The number of phenols is 1. The van der Waals surface area contributed by atoms with Crippen LogP contribution in [0.3, 0.4) is 0 Å². The second-order valence-electron chi connectivity index (χ2n) is 5.70. The zero-order chi connectivity index (χ0) is 19.1. The van der Waals surface area contributed by atoms with E-state index in [9.17, 15) is 14.3 Å². The number of para-hydroxylation sites is 1. The van der Waals surface area contributed by atoms with E-state index >= 15 is 0 Å². The van der Waals surface area contributed by atoms with E-state index in [1.54, 1.807) is 48.5 Å². The van der Waals surface area contributed by atoms with Crippen LogP contribution in [0.15, 0.2) is 77.9 Å². The van der Waals surface area contributed by atoms with Crippen molar-refractivity contribution in [2.24, 2.45) is 5.10 Å². The molecule has 0 bridgehead atoms. The van der Waals surface area contributed by atoms with E-state index in [0.29, 0.717) is 5.75 Å². The third-order valence-corrected chi connectivity index (χ3v) is 3.70. The zero-order valence-electron chi connectivity index (χ0n) is 14.3. The van der Waals surface area contributed by atoms with Gasteiger partial charge in [0.15, 0.2) is 0 Å². The molecule has 27 heavy (non-hydrogen) atoms. The van der Waals surface area contributed by atoms with Gasteiger partial charge >= 0.3 is 0 Å². The van der Waals surface area contributed by atoms with Crippen LogP contribution in [0.5, 0.6) is 11.5 Å². The van der Waals surface area contributed by atoms with Gasteiger partial charge in [0.2, 0.25) is 0 Å². The Morgan fingerprint density at radius 2 is 1.85 bits per heavy atom. The summed E-state index contributed by atoms with van der Waals surface area (Å²) in [6.07, 6.45) is 1.48. The highest BCUT2D eigenvalue weighted by atomic mass is 19.1. The summed E-state index contributed by atoms with van der Waals surface area (Å²) in [5.41, 5.74) is 4.01. The van der Waals surface area contributed by atoms with Crippen LogP contribution in [0, 0.1) is 5.82 Å². The van der Waals surface area contributed by atoms with Gasteiger partial charge in [-0.05, 0) is 59.7 Å². The van der Waals surface area contributed by atoms with Gasteiger partial charge in [-0.3, -0.25) is 4.79 Å². The van der Waals surface area contributed by atoms with Gasteiger partial charge in [0, 0.05) is 0 Å². The van der Waals surface area contributed by atoms with E-state index in [1.165, 1.54) is 30.5 Å². The molecule has 0 fully saturated rings. The van der Waals surface area contributed by atoms with E-state index in [4.69, 9.17) is 4.74 Å². The lowest BCUT2D eigenvalue weighted by atomic mass is 10.2. The van der Waals surface area contributed by atoms with Crippen molar-refractivity contribution in [1.82, 2.24) is 5.43 Å². The van der Waals surface area contributed by atoms with Gasteiger partial charge in [0.1, 0.15) is 23.9 Å². The minimum absolute atomic E-state index is 0.106. The molecule has 0 heterocycles. The first-order chi connectivity index (χ1) is 13.1. The van der Waals surface area contributed by atoms with Gasteiger partial charge in [-0.15, -0.1) is 0 Å². The topological polar surface area (TPSA) is 70.9 Å². The van der Waals surface area contributed by atoms with Gasteiger partial charge < -0.3 is 9.84 Å². The van der Waals surface area contributed by atoms with Crippen LogP contribution in [0.25, 0.3) is 0 Å². The summed E-state index contributed by atoms with van der Waals surface area (Å²) >= 11 is 0.